The monoisotopic (exact) mass is 297 g/mol. The molecule has 4 N–H and O–H groups in total. The molecule has 0 radical (unpaired) electrons. The summed E-state index contributed by atoms with van der Waals surface area (Å²) >= 11 is 0. The molecule has 0 aliphatic carbocycles. The Hall–Kier alpha value is -1.27. The van der Waals surface area contributed by atoms with E-state index in [0.29, 0.717) is 23.2 Å². The van der Waals surface area contributed by atoms with Gasteiger partial charge in [-0.05, 0) is 43.4 Å². The van der Waals surface area contributed by atoms with Crippen LogP contribution in [0.4, 0.5) is 11.4 Å². The SMILES string of the molecule is CC1CC(C)C(C)N(c2ccc(N)cc2S(N)(=O)=O)C1. The Kier molecular flexibility index (Phi) is 3.97. The molecular weight excluding hydrogens is 274 g/mol. The molecule has 2 rings (SSSR count). The Bertz CT molecular complexity index is 600. The van der Waals surface area contributed by atoms with Crippen molar-refractivity contribution in [1.29, 1.82) is 0 Å². The van der Waals surface area contributed by atoms with Crippen molar-refractivity contribution >= 4 is 21.4 Å². The summed E-state index contributed by atoms with van der Waals surface area (Å²) in [6.45, 7) is 7.34. The molecule has 1 heterocycles. The number of nitrogen functional groups attached to an aromatic ring is 1. The summed E-state index contributed by atoms with van der Waals surface area (Å²) < 4.78 is 23.6. The van der Waals surface area contributed by atoms with Crippen LogP contribution in [0.5, 0.6) is 0 Å². The highest BCUT2D eigenvalue weighted by Gasteiger charge is 2.31. The zero-order valence-corrected chi connectivity index (χ0v) is 13.0. The van der Waals surface area contributed by atoms with Crippen LogP contribution in [-0.2, 0) is 10.0 Å². The second-order valence-corrected chi connectivity index (χ2v) is 7.51. The third-order valence-electron chi connectivity index (χ3n) is 4.20. The molecule has 1 aliphatic rings. The third-order valence-corrected chi connectivity index (χ3v) is 5.14. The molecule has 112 valence electrons. The Labute approximate surface area is 121 Å². The van der Waals surface area contributed by atoms with Gasteiger partial charge >= 0.3 is 0 Å². The lowest BCUT2D eigenvalue weighted by Gasteiger charge is -2.43. The van der Waals surface area contributed by atoms with E-state index in [1.807, 2.05) is 0 Å². The van der Waals surface area contributed by atoms with Crippen LogP contribution in [0.3, 0.4) is 0 Å². The molecule has 0 amide bonds. The Morgan fingerprint density at radius 2 is 1.90 bits per heavy atom. The van der Waals surface area contributed by atoms with Crippen LogP contribution in [0.15, 0.2) is 23.1 Å². The lowest BCUT2D eigenvalue weighted by atomic mass is 9.85. The largest absolute Gasteiger partial charge is 0.399 e. The molecule has 1 fully saturated rings. The van der Waals surface area contributed by atoms with Crippen molar-refractivity contribution < 1.29 is 8.42 Å². The third kappa shape index (κ3) is 2.91. The fourth-order valence-corrected chi connectivity index (χ4v) is 3.81. The Morgan fingerprint density at radius 1 is 1.25 bits per heavy atom. The minimum Gasteiger partial charge on any atom is -0.399 e. The van der Waals surface area contributed by atoms with Gasteiger partial charge in [0.1, 0.15) is 4.90 Å². The highest BCUT2D eigenvalue weighted by molar-refractivity contribution is 7.89. The number of rotatable bonds is 2. The average Bonchev–Trinajstić information content (AvgIpc) is 2.33. The Morgan fingerprint density at radius 3 is 2.50 bits per heavy atom. The van der Waals surface area contributed by atoms with Crippen LogP contribution >= 0.6 is 0 Å². The maximum atomic E-state index is 11.8. The number of anilines is 2. The standard InChI is InChI=1S/C14H23N3O2S/c1-9-6-10(2)11(3)17(8-9)13-5-4-12(15)7-14(13)20(16,18)19/h4-5,7,9-11H,6,8,15H2,1-3H3,(H2,16,18,19). The van der Waals surface area contributed by atoms with Gasteiger partial charge < -0.3 is 10.6 Å². The number of piperidine rings is 1. The first kappa shape index (κ1) is 15.1. The molecule has 1 aromatic carbocycles. The molecule has 20 heavy (non-hydrogen) atoms. The number of sulfonamides is 1. The van der Waals surface area contributed by atoms with E-state index >= 15 is 0 Å². The molecule has 0 aromatic heterocycles. The van der Waals surface area contributed by atoms with Crippen LogP contribution in [0, 0.1) is 11.8 Å². The van der Waals surface area contributed by atoms with Crippen molar-refractivity contribution in [2.75, 3.05) is 17.2 Å². The lowest BCUT2D eigenvalue weighted by molar-refractivity contribution is 0.296. The number of hydrogen-bond donors (Lipinski definition) is 2. The predicted molar refractivity (Wildman–Crippen MR) is 82.0 cm³/mol. The highest BCUT2D eigenvalue weighted by Crippen LogP contribution is 2.35. The summed E-state index contributed by atoms with van der Waals surface area (Å²) in [6, 6.07) is 5.20. The van der Waals surface area contributed by atoms with Crippen LogP contribution in [0.25, 0.3) is 0 Å². The number of nitrogens with two attached hydrogens (primary N) is 2. The number of benzene rings is 1. The van der Waals surface area contributed by atoms with E-state index in [9.17, 15) is 8.42 Å². The average molecular weight is 297 g/mol. The van der Waals surface area contributed by atoms with Crippen molar-refractivity contribution in [3.8, 4) is 0 Å². The summed E-state index contributed by atoms with van der Waals surface area (Å²) in [5, 5.41) is 5.34. The molecule has 0 saturated carbocycles. The predicted octanol–water partition coefficient (Wildman–Crippen LogP) is 1.79. The van der Waals surface area contributed by atoms with Crippen LogP contribution in [0.1, 0.15) is 27.2 Å². The molecule has 1 aliphatic heterocycles. The molecule has 3 unspecified atom stereocenters. The first-order chi connectivity index (χ1) is 9.20. The molecular formula is C14H23N3O2S. The smallest absolute Gasteiger partial charge is 0.240 e. The van der Waals surface area contributed by atoms with Crippen molar-refractivity contribution in [3.63, 3.8) is 0 Å². The van der Waals surface area contributed by atoms with Crippen molar-refractivity contribution in [1.82, 2.24) is 0 Å². The van der Waals surface area contributed by atoms with Crippen molar-refractivity contribution in [2.24, 2.45) is 17.0 Å². The molecule has 1 aromatic rings. The van der Waals surface area contributed by atoms with Gasteiger partial charge in [0.25, 0.3) is 0 Å². The number of primary sulfonamides is 1. The van der Waals surface area contributed by atoms with E-state index in [2.05, 4.69) is 25.7 Å². The normalized spacial score (nSPS) is 27.6. The van der Waals surface area contributed by atoms with Gasteiger partial charge in [0.05, 0.1) is 5.69 Å². The van der Waals surface area contributed by atoms with Crippen LogP contribution in [0.2, 0.25) is 0 Å². The molecule has 0 bridgehead atoms. The van der Waals surface area contributed by atoms with Gasteiger partial charge in [-0.1, -0.05) is 13.8 Å². The second kappa shape index (κ2) is 5.26. The van der Waals surface area contributed by atoms with Gasteiger partial charge in [-0.2, -0.15) is 0 Å². The van der Waals surface area contributed by atoms with Crippen LogP contribution in [-0.4, -0.2) is 21.0 Å². The van der Waals surface area contributed by atoms with Gasteiger partial charge in [0, 0.05) is 18.3 Å². The van der Waals surface area contributed by atoms with E-state index in [-0.39, 0.29) is 10.9 Å². The van der Waals surface area contributed by atoms with E-state index < -0.39 is 10.0 Å². The molecule has 6 heteroatoms. The van der Waals surface area contributed by atoms with Gasteiger partial charge in [-0.15, -0.1) is 0 Å². The van der Waals surface area contributed by atoms with E-state index in [1.54, 1.807) is 12.1 Å². The summed E-state index contributed by atoms with van der Waals surface area (Å²) in [4.78, 5) is 2.25. The zero-order valence-electron chi connectivity index (χ0n) is 12.2. The summed E-state index contributed by atoms with van der Waals surface area (Å²) in [7, 11) is -3.79. The molecule has 0 spiro atoms. The van der Waals surface area contributed by atoms with Gasteiger partial charge in [-0.3, -0.25) is 0 Å². The van der Waals surface area contributed by atoms with E-state index in [4.69, 9.17) is 10.9 Å². The summed E-state index contributed by atoms with van der Waals surface area (Å²) in [5.41, 5.74) is 6.77. The minimum absolute atomic E-state index is 0.116. The van der Waals surface area contributed by atoms with Crippen LogP contribution < -0.4 is 15.8 Å². The fraction of sp³-hybridized carbons (Fsp3) is 0.571. The minimum atomic E-state index is -3.79. The van der Waals surface area contributed by atoms with Crippen molar-refractivity contribution in [2.45, 2.75) is 38.1 Å². The second-order valence-electron chi connectivity index (χ2n) is 5.98. The highest BCUT2D eigenvalue weighted by atomic mass is 32.2. The van der Waals surface area contributed by atoms with Gasteiger partial charge in [0.2, 0.25) is 10.0 Å². The van der Waals surface area contributed by atoms with Crippen molar-refractivity contribution in [3.05, 3.63) is 18.2 Å². The lowest BCUT2D eigenvalue weighted by Crippen LogP contribution is -2.46. The van der Waals surface area contributed by atoms with E-state index in [1.165, 1.54) is 6.07 Å². The quantitative estimate of drug-likeness (QED) is 0.814. The van der Waals surface area contributed by atoms with Gasteiger partial charge in [-0.25, -0.2) is 13.6 Å². The van der Waals surface area contributed by atoms with Gasteiger partial charge in [0.15, 0.2) is 0 Å². The zero-order chi connectivity index (χ0) is 15.1. The molecule has 1 saturated heterocycles. The number of hydrogen-bond acceptors (Lipinski definition) is 4. The summed E-state index contributed by atoms with van der Waals surface area (Å²) in [5.74, 6) is 1.02. The van der Waals surface area contributed by atoms with E-state index in [0.717, 1.165) is 13.0 Å². The molecule has 5 nitrogen and oxygen atoms in total. The maximum Gasteiger partial charge on any atom is 0.240 e. The summed E-state index contributed by atoms with van der Waals surface area (Å²) in [6.07, 6.45) is 1.15. The topological polar surface area (TPSA) is 89.4 Å². The fourth-order valence-electron chi connectivity index (χ4n) is 3.03. The first-order valence-electron chi connectivity index (χ1n) is 6.89. The molecule has 3 atom stereocenters. The Balaban J connectivity index is 2.52. The number of nitrogens with zero attached hydrogens (tertiary/aromatic N) is 1. The maximum absolute atomic E-state index is 11.8. The first-order valence-corrected chi connectivity index (χ1v) is 8.43.